The predicted octanol–water partition coefficient (Wildman–Crippen LogP) is 3.38. The highest BCUT2D eigenvalue weighted by molar-refractivity contribution is 5.40. The smallest absolute Gasteiger partial charge is 0.123 e. The van der Waals surface area contributed by atoms with Crippen molar-refractivity contribution in [3.8, 4) is 5.75 Å². The fourth-order valence-electron chi connectivity index (χ4n) is 2.37. The molecule has 1 aromatic rings. The summed E-state index contributed by atoms with van der Waals surface area (Å²) in [4.78, 5) is 2.27. The van der Waals surface area contributed by atoms with E-state index in [-0.39, 0.29) is 11.6 Å². The number of hydrogen-bond acceptors (Lipinski definition) is 3. The molecule has 114 valence electrons. The number of rotatable bonds is 7. The van der Waals surface area contributed by atoms with Gasteiger partial charge in [-0.3, -0.25) is 0 Å². The van der Waals surface area contributed by atoms with Crippen molar-refractivity contribution in [1.82, 2.24) is 10.2 Å². The number of aryl methyl sites for hydroxylation is 1. The van der Waals surface area contributed by atoms with Gasteiger partial charge in [0.25, 0.3) is 0 Å². The highest BCUT2D eigenvalue weighted by Gasteiger charge is 2.34. The van der Waals surface area contributed by atoms with Gasteiger partial charge in [-0.05, 0) is 53.9 Å². The molecule has 0 bridgehead atoms. The molecule has 1 unspecified atom stereocenters. The van der Waals surface area contributed by atoms with Gasteiger partial charge in [0.2, 0.25) is 0 Å². The van der Waals surface area contributed by atoms with Crippen LogP contribution in [-0.4, -0.2) is 38.2 Å². The molecular weight excluding hydrogens is 248 g/mol. The van der Waals surface area contributed by atoms with E-state index in [9.17, 15) is 0 Å². The molecule has 1 atom stereocenters. The number of hydrogen-bond donors (Lipinski definition) is 1. The van der Waals surface area contributed by atoms with E-state index in [0.717, 1.165) is 18.7 Å². The fourth-order valence-corrected chi connectivity index (χ4v) is 2.37. The lowest BCUT2D eigenvalue weighted by Crippen LogP contribution is -2.49. The van der Waals surface area contributed by atoms with Crippen LogP contribution in [0.25, 0.3) is 0 Å². The second-order valence-electron chi connectivity index (χ2n) is 6.18. The molecule has 0 saturated heterocycles. The van der Waals surface area contributed by atoms with Gasteiger partial charge in [0.1, 0.15) is 5.75 Å². The highest BCUT2D eigenvalue weighted by Crippen LogP contribution is 2.35. The summed E-state index contributed by atoms with van der Waals surface area (Å²) in [7, 11) is 6.00. The van der Waals surface area contributed by atoms with Crippen LogP contribution in [0, 0.1) is 6.92 Å². The number of nitrogens with one attached hydrogen (secondary N) is 1. The first kappa shape index (κ1) is 17.0. The molecule has 0 aliphatic rings. The third-order valence-corrected chi connectivity index (χ3v) is 4.15. The van der Waals surface area contributed by atoms with Crippen molar-refractivity contribution in [3.05, 3.63) is 29.3 Å². The maximum atomic E-state index is 5.58. The number of methoxy groups -OCH3 is 1. The van der Waals surface area contributed by atoms with Crippen LogP contribution < -0.4 is 10.1 Å². The van der Waals surface area contributed by atoms with Crippen LogP contribution in [0.4, 0.5) is 0 Å². The van der Waals surface area contributed by atoms with E-state index in [4.69, 9.17) is 4.74 Å². The van der Waals surface area contributed by atoms with E-state index in [1.165, 1.54) is 11.1 Å². The van der Waals surface area contributed by atoms with Crippen LogP contribution in [0.15, 0.2) is 18.2 Å². The molecule has 1 rings (SSSR count). The molecule has 0 fully saturated rings. The van der Waals surface area contributed by atoms with Gasteiger partial charge in [0.05, 0.1) is 13.2 Å². The highest BCUT2D eigenvalue weighted by atomic mass is 16.5. The van der Waals surface area contributed by atoms with E-state index in [1.54, 1.807) is 7.11 Å². The molecule has 1 N–H and O–H groups in total. The molecule has 3 nitrogen and oxygen atoms in total. The quantitative estimate of drug-likeness (QED) is 0.827. The van der Waals surface area contributed by atoms with Crippen LogP contribution in [-0.2, 0) is 0 Å². The van der Waals surface area contributed by atoms with Gasteiger partial charge < -0.3 is 15.0 Å². The maximum Gasteiger partial charge on any atom is 0.123 e. The molecule has 20 heavy (non-hydrogen) atoms. The largest absolute Gasteiger partial charge is 0.496 e. The molecule has 0 aliphatic carbocycles. The van der Waals surface area contributed by atoms with Crippen LogP contribution in [0.1, 0.15) is 44.4 Å². The molecule has 0 aliphatic heterocycles. The van der Waals surface area contributed by atoms with Crippen LogP contribution in [0.5, 0.6) is 5.75 Å². The van der Waals surface area contributed by atoms with E-state index >= 15 is 0 Å². The summed E-state index contributed by atoms with van der Waals surface area (Å²) in [6.07, 6.45) is 1.12. The van der Waals surface area contributed by atoms with Gasteiger partial charge in [0.15, 0.2) is 0 Å². The molecule has 0 saturated carbocycles. The lowest BCUT2D eigenvalue weighted by Gasteiger charge is -2.41. The van der Waals surface area contributed by atoms with Crippen molar-refractivity contribution in [1.29, 1.82) is 0 Å². The zero-order valence-electron chi connectivity index (χ0n) is 14.1. The van der Waals surface area contributed by atoms with Crippen molar-refractivity contribution < 1.29 is 4.74 Å². The monoisotopic (exact) mass is 278 g/mol. The van der Waals surface area contributed by atoms with E-state index in [0.29, 0.717) is 0 Å². The Morgan fingerprint density at radius 2 is 1.95 bits per heavy atom. The van der Waals surface area contributed by atoms with Gasteiger partial charge in [-0.1, -0.05) is 24.6 Å². The average Bonchev–Trinajstić information content (AvgIpc) is 2.39. The van der Waals surface area contributed by atoms with Gasteiger partial charge in [-0.2, -0.15) is 0 Å². The number of benzene rings is 1. The lowest BCUT2D eigenvalue weighted by molar-refractivity contribution is 0.136. The van der Waals surface area contributed by atoms with E-state index in [2.05, 4.69) is 70.2 Å². The Hall–Kier alpha value is -1.06. The third kappa shape index (κ3) is 3.74. The maximum absolute atomic E-state index is 5.58. The summed E-state index contributed by atoms with van der Waals surface area (Å²) in [5.41, 5.74) is 2.49. The zero-order chi connectivity index (χ0) is 15.3. The molecule has 1 aromatic carbocycles. The number of ether oxygens (including phenoxy) is 1. The Balaban J connectivity index is 3.26. The Morgan fingerprint density at radius 1 is 1.30 bits per heavy atom. The molecule has 0 amide bonds. The van der Waals surface area contributed by atoms with E-state index < -0.39 is 0 Å². The first-order valence-electron chi connectivity index (χ1n) is 7.40. The van der Waals surface area contributed by atoms with Gasteiger partial charge in [-0.25, -0.2) is 0 Å². The molecule has 0 heterocycles. The Labute approximate surface area is 124 Å². The summed E-state index contributed by atoms with van der Waals surface area (Å²) in [6, 6.07) is 6.63. The normalized spacial score (nSPS) is 13.6. The number of likely N-dealkylation sites (N-methyl/N-ethyl adjacent to an activating group) is 1. The second kappa shape index (κ2) is 7.09. The summed E-state index contributed by atoms with van der Waals surface area (Å²) in [5.74, 6) is 0.958. The third-order valence-electron chi connectivity index (χ3n) is 4.15. The number of nitrogens with zero attached hydrogens (tertiary/aromatic N) is 1. The minimum Gasteiger partial charge on any atom is -0.496 e. The van der Waals surface area contributed by atoms with Gasteiger partial charge in [-0.15, -0.1) is 0 Å². The summed E-state index contributed by atoms with van der Waals surface area (Å²) in [6.45, 7) is 9.85. The minimum atomic E-state index is -0.00373. The Kier molecular flexibility index (Phi) is 6.03. The average molecular weight is 278 g/mol. The van der Waals surface area contributed by atoms with E-state index in [1.807, 2.05) is 0 Å². The zero-order valence-corrected chi connectivity index (χ0v) is 14.1. The van der Waals surface area contributed by atoms with Crippen molar-refractivity contribution in [3.63, 3.8) is 0 Å². The molecule has 0 aromatic heterocycles. The molecule has 3 heteroatoms. The topological polar surface area (TPSA) is 24.5 Å². The summed E-state index contributed by atoms with van der Waals surface area (Å²) >= 11 is 0. The summed E-state index contributed by atoms with van der Waals surface area (Å²) < 4.78 is 5.58. The Morgan fingerprint density at radius 3 is 2.45 bits per heavy atom. The van der Waals surface area contributed by atoms with Gasteiger partial charge in [0, 0.05) is 11.1 Å². The van der Waals surface area contributed by atoms with Crippen molar-refractivity contribution in [2.75, 3.05) is 27.7 Å². The SMILES string of the molecule is CCCNC(c1cc(C)ccc1OC)C(C)(C)N(C)C. The summed E-state index contributed by atoms with van der Waals surface area (Å²) in [5, 5.41) is 3.69. The fraction of sp³-hybridized carbons (Fsp3) is 0.647. The molecule has 0 radical (unpaired) electrons. The standard InChI is InChI=1S/C17H30N2O/c1-8-11-18-16(17(3,4)19(5)6)14-12-13(2)9-10-15(14)20-7/h9-10,12,16,18H,8,11H2,1-7H3. The lowest BCUT2D eigenvalue weighted by atomic mass is 9.86. The van der Waals surface area contributed by atoms with Crippen molar-refractivity contribution in [2.45, 2.75) is 45.7 Å². The van der Waals surface area contributed by atoms with Crippen LogP contribution >= 0.6 is 0 Å². The molecular formula is C17H30N2O. The van der Waals surface area contributed by atoms with Crippen molar-refractivity contribution >= 4 is 0 Å². The molecule has 0 spiro atoms. The first-order chi connectivity index (χ1) is 9.34. The van der Waals surface area contributed by atoms with Crippen LogP contribution in [0.2, 0.25) is 0 Å². The predicted molar refractivity (Wildman–Crippen MR) is 86.5 cm³/mol. The first-order valence-corrected chi connectivity index (χ1v) is 7.40. The van der Waals surface area contributed by atoms with Gasteiger partial charge >= 0.3 is 0 Å². The minimum absolute atomic E-state index is 0.00373. The Bertz CT molecular complexity index is 427. The van der Waals surface area contributed by atoms with Crippen LogP contribution in [0.3, 0.4) is 0 Å². The second-order valence-corrected chi connectivity index (χ2v) is 6.18. The van der Waals surface area contributed by atoms with Crippen molar-refractivity contribution in [2.24, 2.45) is 0 Å².